The fourth-order valence-electron chi connectivity index (χ4n) is 1.08. The number of carboxylic acid groups (broad SMARTS) is 1. The third kappa shape index (κ3) is 2.34. The molecule has 0 aliphatic heterocycles. The Labute approximate surface area is 89.7 Å². The van der Waals surface area contributed by atoms with Gasteiger partial charge in [-0.25, -0.2) is 4.79 Å². The summed E-state index contributed by atoms with van der Waals surface area (Å²) in [5, 5.41) is 11.9. The number of aromatic carboxylic acids is 1. The van der Waals surface area contributed by atoms with Crippen LogP contribution in [0, 0.1) is 0 Å². The number of alkyl halides is 3. The molecule has 0 unspecified atom stereocenters. The normalized spacial score (nSPS) is 12.9. The monoisotopic (exact) mass is 236 g/mol. The van der Waals surface area contributed by atoms with Gasteiger partial charge in [0.1, 0.15) is 5.56 Å². The smallest absolute Gasteiger partial charge is 0.436 e. The molecule has 1 aromatic rings. The van der Waals surface area contributed by atoms with Crippen molar-refractivity contribution < 1.29 is 23.1 Å². The van der Waals surface area contributed by atoms with Crippen molar-refractivity contribution in [3.63, 3.8) is 0 Å². The van der Waals surface area contributed by atoms with Crippen LogP contribution in [0.25, 0.3) is 0 Å². The van der Waals surface area contributed by atoms with Crippen LogP contribution in [0.4, 0.5) is 13.2 Å². The van der Waals surface area contributed by atoms with Gasteiger partial charge in [0.15, 0.2) is 5.69 Å². The van der Waals surface area contributed by atoms with Crippen LogP contribution in [0.3, 0.4) is 0 Å². The molecule has 0 amide bonds. The van der Waals surface area contributed by atoms with Crippen molar-refractivity contribution >= 4 is 5.97 Å². The summed E-state index contributed by atoms with van der Waals surface area (Å²) in [6.07, 6.45) is -3.87. The molecule has 0 saturated carbocycles. The van der Waals surface area contributed by atoms with E-state index in [0.717, 1.165) is 10.9 Å². The first-order valence-electron chi connectivity index (χ1n) is 4.44. The van der Waals surface area contributed by atoms with E-state index >= 15 is 0 Å². The topological polar surface area (TPSA) is 55.1 Å². The minimum Gasteiger partial charge on any atom is -0.478 e. The third-order valence-corrected chi connectivity index (χ3v) is 1.90. The first-order valence-corrected chi connectivity index (χ1v) is 4.44. The highest BCUT2D eigenvalue weighted by molar-refractivity contribution is 5.88. The zero-order valence-electron chi connectivity index (χ0n) is 8.96. The molecule has 0 aliphatic rings. The van der Waals surface area contributed by atoms with Crippen LogP contribution in [0.2, 0.25) is 0 Å². The van der Waals surface area contributed by atoms with Gasteiger partial charge in [-0.05, 0) is 20.8 Å². The number of aromatic nitrogens is 2. The Morgan fingerprint density at radius 1 is 1.38 bits per heavy atom. The molecule has 90 valence electrons. The second-order valence-electron chi connectivity index (χ2n) is 4.31. The Kier molecular flexibility index (Phi) is 2.74. The van der Waals surface area contributed by atoms with Crippen LogP contribution in [0.15, 0.2) is 6.20 Å². The molecule has 1 rings (SSSR count). The fraction of sp³-hybridized carbons (Fsp3) is 0.556. The second-order valence-corrected chi connectivity index (χ2v) is 4.31. The van der Waals surface area contributed by atoms with E-state index in [1.807, 2.05) is 0 Å². The van der Waals surface area contributed by atoms with Gasteiger partial charge in [0.2, 0.25) is 0 Å². The van der Waals surface area contributed by atoms with Crippen molar-refractivity contribution in [2.24, 2.45) is 0 Å². The lowest BCUT2D eigenvalue weighted by Gasteiger charge is -2.18. The van der Waals surface area contributed by atoms with Crippen molar-refractivity contribution in [1.82, 2.24) is 9.78 Å². The van der Waals surface area contributed by atoms with Gasteiger partial charge in [-0.1, -0.05) is 0 Å². The Balaban J connectivity index is 3.38. The first-order chi connectivity index (χ1) is 7.03. The van der Waals surface area contributed by atoms with E-state index in [4.69, 9.17) is 5.11 Å². The maximum Gasteiger partial charge on any atom is 0.436 e. The molecule has 1 heterocycles. The minimum absolute atomic E-state index is 0.701. The van der Waals surface area contributed by atoms with Gasteiger partial charge in [0.05, 0.1) is 5.54 Å². The highest BCUT2D eigenvalue weighted by Crippen LogP contribution is 2.31. The number of nitrogens with zero attached hydrogens (tertiary/aromatic N) is 2. The molecule has 0 spiro atoms. The second kappa shape index (κ2) is 3.50. The summed E-state index contributed by atoms with van der Waals surface area (Å²) in [5.74, 6) is -1.64. The Morgan fingerprint density at radius 3 is 2.12 bits per heavy atom. The fourth-order valence-corrected chi connectivity index (χ4v) is 1.08. The van der Waals surface area contributed by atoms with Crippen molar-refractivity contribution in [2.45, 2.75) is 32.5 Å². The van der Waals surface area contributed by atoms with E-state index in [2.05, 4.69) is 5.10 Å². The van der Waals surface area contributed by atoms with Crippen molar-refractivity contribution in [2.75, 3.05) is 0 Å². The molecular weight excluding hydrogens is 225 g/mol. The van der Waals surface area contributed by atoms with Crippen LogP contribution in [0.1, 0.15) is 36.8 Å². The summed E-state index contributed by atoms with van der Waals surface area (Å²) < 4.78 is 38.4. The number of halogens is 3. The Hall–Kier alpha value is -1.53. The molecule has 0 aliphatic carbocycles. The molecule has 0 aromatic carbocycles. The van der Waals surface area contributed by atoms with E-state index in [1.165, 1.54) is 0 Å². The van der Waals surface area contributed by atoms with E-state index in [9.17, 15) is 18.0 Å². The van der Waals surface area contributed by atoms with Crippen LogP contribution >= 0.6 is 0 Å². The van der Waals surface area contributed by atoms with E-state index in [-0.39, 0.29) is 0 Å². The van der Waals surface area contributed by atoms with Crippen molar-refractivity contribution in [1.29, 1.82) is 0 Å². The van der Waals surface area contributed by atoms with Gasteiger partial charge in [-0.3, -0.25) is 4.68 Å². The SMILES string of the molecule is CC(C)(C)n1cc(C(=O)O)c(C(F)(F)F)n1. The summed E-state index contributed by atoms with van der Waals surface area (Å²) in [7, 11) is 0. The molecule has 4 nitrogen and oxygen atoms in total. The zero-order chi connectivity index (χ0) is 12.7. The molecule has 0 saturated heterocycles. The molecule has 0 radical (unpaired) electrons. The summed E-state index contributed by atoms with van der Waals surface area (Å²) in [6.45, 7) is 4.89. The zero-order valence-corrected chi connectivity index (χ0v) is 8.96. The molecule has 1 N–H and O–H groups in total. The Morgan fingerprint density at radius 2 is 1.88 bits per heavy atom. The Bertz CT molecular complexity index is 415. The summed E-state index contributed by atoms with van der Waals surface area (Å²) in [4.78, 5) is 10.7. The number of hydrogen-bond acceptors (Lipinski definition) is 2. The molecule has 0 fully saturated rings. The summed E-state index contributed by atoms with van der Waals surface area (Å²) in [5.41, 5.74) is -2.90. The van der Waals surface area contributed by atoms with Crippen LogP contribution < -0.4 is 0 Å². The molecular formula is C9H11F3N2O2. The van der Waals surface area contributed by atoms with E-state index in [0.29, 0.717) is 0 Å². The van der Waals surface area contributed by atoms with E-state index in [1.54, 1.807) is 20.8 Å². The molecule has 16 heavy (non-hydrogen) atoms. The third-order valence-electron chi connectivity index (χ3n) is 1.90. The van der Waals surface area contributed by atoms with Gasteiger partial charge in [-0.15, -0.1) is 0 Å². The number of hydrogen-bond donors (Lipinski definition) is 1. The van der Waals surface area contributed by atoms with Crippen LogP contribution in [0.5, 0.6) is 0 Å². The first kappa shape index (κ1) is 12.5. The maximum absolute atomic E-state index is 12.5. The lowest BCUT2D eigenvalue weighted by molar-refractivity contribution is -0.142. The average molecular weight is 236 g/mol. The maximum atomic E-state index is 12.5. The quantitative estimate of drug-likeness (QED) is 0.814. The number of rotatable bonds is 1. The lowest BCUT2D eigenvalue weighted by Crippen LogP contribution is -2.23. The minimum atomic E-state index is -4.76. The molecule has 1 aromatic heterocycles. The van der Waals surface area contributed by atoms with Crippen molar-refractivity contribution in [3.8, 4) is 0 Å². The predicted octanol–water partition coefficient (Wildman–Crippen LogP) is 2.36. The summed E-state index contributed by atoms with van der Waals surface area (Å²) in [6, 6.07) is 0. The van der Waals surface area contributed by atoms with Gasteiger partial charge >= 0.3 is 12.1 Å². The van der Waals surface area contributed by atoms with Gasteiger partial charge in [-0.2, -0.15) is 18.3 Å². The molecule has 7 heteroatoms. The molecule has 0 atom stereocenters. The standard InChI is InChI=1S/C9H11F3N2O2/c1-8(2,3)14-4-5(7(15)16)6(13-14)9(10,11)12/h4H,1-3H3,(H,15,16). The van der Waals surface area contributed by atoms with Gasteiger partial charge < -0.3 is 5.11 Å². The predicted molar refractivity (Wildman–Crippen MR) is 49.2 cm³/mol. The lowest BCUT2D eigenvalue weighted by atomic mass is 10.1. The van der Waals surface area contributed by atoms with Gasteiger partial charge in [0, 0.05) is 6.20 Å². The molecule has 0 bridgehead atoms. The number of carbonyl (C=O) groups is 1. The van der Waals surface area contributed by atoms with Gasteiger partial charge in [0.25, 0.3) is 0 Å². The van der Waals surface area contributed by atoms with Crippen LogP contribution in [-0.2, 0) is 11.7 Å². The highest BCUT2D eigenvalue weighted by Gasteiger charge is 2.40. The van der Waals surface area contributed by atoms with Crippen LogP contribution in [-0.4, -0.2) is 20.9 Å². The van der Waals surface area contributed by atoms with Crippen molar-refractivity contribution in [3.05, 3.63) is 17.5 Å². The average Bonchev–Trinajstić information content (AvgIpc) is 2.44. The summed E-state index contributed by atoms with van der Waals surface area (Å²) >= 11 is 0. The number of carboxylic acids is 1. The van der Waals surface area contributed by atoms with E-state index < -0.39 is 28.9 Å². The largest absolute Gasteiger partial charge is 0.478 e. The highest BCUT2D eigenvalue weighted by atomic mass is 19.4.